The first-order chi connectivity index (χ1) is 9.51. The van der Waals surface area contributed by atoms with E-state index >= 15 is 0 Å². The lowest BCUT2D eigenvalue weighted by Gasteiger charge is -2.39. The zero-order valence-corrected chi connectivity index (χ0v) is 11.2. The van der Waals surface area contributed by atoms with E-state index in [1.807, 2.05) is 0 Å². The molecule has 0 bridgehead atoms. The highest BCUT2D eigenvalue weighted by Gasteiger charge is 2.36. The first kappa shape index (κ1) is 14.9. The Bertz CT molecular complexity index is 493. The molecule has 1 aromatic carbocycles. The van der Waals surface area contributed by atoms with E-state index in [9.17, 15) is 18.7 Å². The van der Waals surface area contributed by atoms with Gasteiger partial charge in [0, 0.05) is 20.2 Å². The van der Waals surface area contributed by atoms with Crippen LogP contribution >= 0.6 is 0 Å². The minimum Gasteiger partial charge on any atom is -0.393 e. The average molecular weight is 285 g/mol. The second-order valence-electron chi connectivity index (χ2n) is 4.96. The zero-order chi connectivity index (χ0) is 14.8. The van der Waals surface area contributed by atoms with E-state index < -0.39 is 23.1 Å². The Morgan fingerprint density at radius 3 is 2.60 bits per heavy atom. The van der Waals surface area contributed by atoms with Crippen LogP contribution in [0.3, 0.4) is 0 Å². The summed E-state index contributed by atoms with van der Waals surface area (Å²) >= 11 is 0. The molecule has 1 aliphatic heterocycles. The van der Waals surface area contributed by atoms with Crippen LogP contribution in [0.15, 0.2) is 18.2 Å². The van der Waals surface area contributed by atoms with Gasteiger partial charge in [0.1, 0.15) is 11.6 Å². The molecule has 1 N–H and O–H groups in total. The van der Waals surface area contributed by atoms with Gasteiger partial charge in [-0.2, -0.15) is 0 Å². The van der Waals surface area contributed by atoms with Gasteiger partial charge in [-0.1, -0.05) is 0 Å². The van der Waals surface area contributed by atoms with Crippen molar-refractivity contribution in [3.8, 4) is 0 Å². The van der Waals surface area contributed by atoms with E-state index in [1.165, 1.54) is 12.0 Å². The summed E-state index contributed by atoms with van der Waals surface area (Å²) in [7, 11) is 1.51. The molecule has 1 heterocycles. The molecule has 110 valence electrons. The number of halogens is 2. The topological polar surface area (TPSA) is 49.8 Å². The molecule has 4 nitrogen and oxygen atoms in total. The summed E-state index contributed by atoms with van der Waals surface area (Å²) in [6.07, 6.45) is 0.922. The summed E-state index contributed by atoms with van der Waals surface area (Å²) in [6.45, 7) is 0.548. The lowest BCUT2D eigenvalue weighted by Crippen LogP contribution is -2.49. The van der Waals surface area contributed by atoms with E-state index in [0.29, 0.717) is 25.9 Å². The second-order valence-corrected chi connectivity index (χ2v) is 4.96. The molecule has 1 saturated heterocycles. The van der Waals surface area contributed by atoms with Crippen LogP contribution in [0.4, 0.5) is 8.78 Å². The van der Waals surface area contributed by atoms with Gasteiger partial charge in [-0.25, -0.2) is 8.78 Å². The van der Waals surface area contributed by atoms with Crippen LogP contribution in [-0.4, -0.2) is 48.3 Å². The minimum absolute atomic E-state index is 0.125. The third kappa shape index (κ3) is 2.81. The van der Waals surface area contributed by atoms with Crippen molar-refractivity contribution in [2.45, 2.75) is 18.4 Å². The normalized spacial score (nSPS) is 18.1. The van der Waals surface area contributed by atoms with Gasteiger partial charge < -0.3 is 14.7 Å². The monoisotopic (exact) mass is 285 g/mol. The van der Waals surface area contributed by atoms with Gasteiger partial charge in [0.05, 0.1) is 17.8 Å². The smallest absolute Gasteiger partial charge is 0.256 e. The lowest BCUT2D eigenvalue weighted by atomic mass is 9.91. The number of aliphatic hydroxyl groups excluding tert-OH is 1. The second kappa shape index (κ2) is 5.85. The summed E-state index contributed by atoms with van der Waals surface area (Å²) < 4.78 is 32.0. The molecule has 1 fully saturated rings. The highest BCUT2D eigenvalue weighted by atomic mass is 19.1. The fourth-order valence-corrected chi connectivity index (χ4v) is 2.38. The van der Waals surface area contributed by atoms with Crippen LogP contribution in [0.2, 0.25) is 0 Å². The molecule has 0 saturated carbocycles. The first-order valence-electron chi connectivity index (χ1n) is 6.42. The van der Waals surface area contributed by atoms with Crippen molar-refractivity contribution >= 4 is 5.91 Å². The Morgan fingerprint density at radius 2 is 2.05 bits per heavy atom. The van der Waals surface area contributed by atoms with E-state index in [4.69, 9.17) is 4.74 Å². The van der Waals surface area contributed by atoms with Crippen molar-refractivity contribution in [1.29, 1.82) is 0 Å². The Labute approximate surface area is 116 Å². The van der Waals surface area contributed by atoms with Crippen LogP contribution in [0.25, 0.3) is 0 Å². The minimum atomic E-state index is -0.734. The van der Waals surface area contributed by atoms with Crippen LogP contribution in [0.5, 0.6) is 0 Å². The molecule has 0 unspecified atom stereocenters. The number of likely N-dealkylation sites (tertiary alicyclic amines) is 1. The highest BCUT2D eigenvalue weighted by Crippen LogP contribution is 2.26. The molecule has 0 spiro atoms. The van der Waals surface area contributed by atoms with Crippen molar-refractivity contribution in [2.24, 2.45) is 0 Å². The van der Waals surface area contributed by atoms with Gasteiger partial charge in [-0.15, -0.1) is 0 Å². The van der Waals surface area contributed by atoms with Gasteiger partial charge in [0.2, 0.25) is 0 Å². The summed E-state index contributed by atoms with van der Waals surface area (Å²) in [6, 6.07) is 2.82. The molecule has 0 aromatic heterocycles. The summed E-state index contributed by atoms with van der Waals surface area (Å²) in [5.41, 5.74) is -0.906. The van der Waals surface area contributed by atoms with Gasteiger partial charge in [-0.05, 0) is 31.0 Å². The number of carbonyl (C=O) groups is 1. The molecule has 1 aliphatic rings. The summed E-state index contributed by atoms with van der Waals surface area (Å²) in [5.74, 6) is -1.92. The number of nitrogens with zero attached hydrogens (tertiary/aromatic N) is 1. The lowest BCUT2D eigenvalue weighted by molar-refractivity contribution is -0.0846. The van der Waals surface area contributed by atoms with E-state index in [2.05, 4.69) is 0 Å². The molecule has 1 aromatic rings. The number of hydrogen-bond donors (Lipinski definition) is 1. The maximum atomic E-state index is 13.6. The predicted octanol–water partition coefficient (Wildman–Crippen LogP) is 1.58. The molecule has 1 amide bonds. The summed E-state index contributed by atoms with van der Waals surface area (Å²) in [4.78, 5) is 13.6. The number of benzene rings is 1. The molecule has 20 heavy (non-hydrogen) atoms. The number of amides is 1. The van der Waals surface area contributed by atoms with Crippen molar-refractivity contribution < 1.29 is 23.4 Å². The van der Waals surface area contributed by atoms with Crippen molar-refractivity contribution in [3.05, 3.63) is 35.4 Å². The van der Waals surface area contributed by atoms with Gasteiger partial charge in [0.15, 0.2) is 0 Å². The number of piperidine rings is 1. The third-order valence-corrected chi connectivity index (χ3v) is 3.84. The zero-order valence-electron chi connectivity index (χ0n) is 11.2. The van der Waals surface area contributed by atoms with E-state index in [0.717, 1.165) is 18.2 Å². The van der Waals surface area contributed by atoms with Crippen LogP contribution < -0.4 is 0 Å². The molecule has 0 aliphatic carbocycles. The fraction of sp³-hybridized carbons (Fsp3) is 0.500. The largest absolute Gasteiger partial charge is 0.393 e. The third-order valence-electron chi connectivity index (χ3n) is 3.84. The van der Waals surface area contributed by atoms with Crippen molar-refractivity contribution in [1.82, 2.24) is 4.90 Å². The fourth-order valence-electron chi connectivity index (χ4n) is 2.38. The summed E-state index contributed by atoms with van der Waals surface area (Å²) in [5, 5.41) is 9.33. The van der Waals surface area contributed by atoms with Crippen molar-refractivity contribution in [3.63, 3.8) is 0 Å². The number of methoxy groups -OCH3 is 1. The SMILES string of the molecule is COC1(CO)CCN(C(=O)c2cc(F)ccc2F)CC1. The van der Waals surface area contributed by atoms with Crippen molar-refractivity contribution in [2.75, 3.05) is 26.8 Å². The quantitative estimate of drug-likeness (QED) is 0.917. The average Bonchev–Trinajstić information content (AvgIpc) is 2.49. The number of aliphatic hydroxyl groups is 1. The van der Waals surface area contributed by atoms with E-state index in [-0.39, 0.29) is 12.2 Å². The molecular weight excluding hydrogens is 268 g/mol. The Kier molecular flexibility index (Phi) is 4.35. The highest BCUT2D eigenvalue weighted by molar-refractivity contribution is 5.94. The van der Waals surface area contributed by atoms with Gasteiger partial charge >= 0.3 is 0 Å². The van der Waals surface area contributed by atoms with Crippen LogP contribution in [0, 0.1) is 11.6 Å². The predicted molar refractivity (Wildman–Crippen MR) is 68.3 cm³/mol. The van der Waals surface area contributed by atoms with Gasteiger partial charge in [0.25, 0.3) is 5.91 Å². The molecular formula is C14H17F2NO3. The van der Waals surface area contributed by atoms with E-state index in [1.54, 1.807) is 0 Å². The maximum absolute atomic E-state index is 13.6. The number of carbonyl (C=O) groups excluding carboxylic acids is 1. The number of ether oxygens (including phenoxy) is 1. The standard InChI is InChI=1S/C14H17F2NO3/c1-20-14(9-18)4-6-17(7-5-14)13(19)11-8-10(15)2-3-12(11)16/h2-3,8,18H,4-7,9H2,1H3. The van der Waals surface area contributed by atoms with Gasteiger partial charge in [-0.3, -0.25) is 4.79 Å². The first-order valence-corrected chi connectivity index (χ1v) is 6.42. The molecule has 0 atom stereocenters. The van der Waals surface area contributed by atoms with Crippen LogP contribution in [-0.2, 0) is 4.74 Å². The molecule has 0 radical (unpaired) electrons. The Balaban J connectivity index is 2.10. The number of hydrogen-bond acceptors (Lipinski definition) is 3. The number of rotatable bonds is 3. The molecule has 2 rings (SSSR count). The maximum Gasteiger partial charge on any atom is 0.256 e. The Hall–Kier alpha value is -1.53. The van der Waals surface area contributed by atoms with Crippen LogP contribution in [0.1, 0.15) is 23.2 Å². The Morgan fingerprint density at radius 1 is 1.40 bits per heavy atom. The molecule has 6 heteroatoms.